The van der Waals surface area contributed by atoms with Crippen LogP contribution in [0.2, 0.25) is 0 Å². The summed E-state index contributed by atoms with van der Waals surface area (Å²) in [6.07, 6.45) is 6.03. The first-order chi connectivity index (χ1) is 7.22. The molecule has 0 unspecified atom stereocenters. The van der Waals surface area contributed by atoms with Crippen LogP contribution in [0.4, 0.5) is 0 Å². The molecule has 0 aromatic carbocycles. The zero-order valence-corrected chi connectivity index (χ0v) is 9.62. The lowest BCUT2D eigenvalue weighted by Gasteiger charge is -2.39. The van der Waals surface area contributed by atoms with Gasteiger partial charge < -0.3 is 9.73 Å². The van der Waals surface area contributed by atoms with E-state index in [-0.39, 0.29) is 0 Å². The molecule has 3 heteroatoms. The Morgan fingerprint density at radius 3 is 2.73 bits per heavy atom. The predicted octanol–water partition coefficient (Wildman–Crippen LogP) is 1.85. The quantitative estimate of drug-likeness (QED) is 0.821. The van der Waals surface area contributed by atoms with Crippen molar-refractivity contribution >= 4 is 0 Å². The van der Waals surface area contributed by atoms with E-state index in [9.17, 15) is 0 Å². The maximum absolute atomic E-state index is 5.08. The molecule has 1 saturated heterocycles. The Bertz CT molecular complexity index is 287. The highest BCUT2D eigenvalue weighted by atomic mass is 16.3. The predicted molar refractivity (Wildman–Crippen MR) is 60.7 cm³/mol. The molecule has 15 heavy (non-hydrogen) atoms. The molecule has 0 atom stereocenters. The van der Waals surface area contributed by atoms with Crippen molar-refractivity contribution in [1.82, 2.24) is 10.2 Å². The smallest absolute Gasteiger partial charge is 0.0947 e. The Morgan fingerprint density at radius 2 is 2.20 bits per heavy atom. The molecule has 1 N–H and O–H groups in total. The molecule has 0 aliphatic carbocycles. The highest BCUT2D eigenvalue weighted by Gasteiger charge is 2.27. The third-order valence-corrected chi connectivity index (χ3v) is 3.55. The molecule has 0 amide bonds. The van der Waals surface area contributed by atoms with Crippen molar-refractivity contribution in [3.8, 4) is 0 Å². The Balaban J connectivity index is 1.84. The van der Waals surface area contributed by atoms with Crippen LogP contribution in [0.1, 0.15) is 25.3 Å². The van der Waals surface area contributed by atoms with Crippen LogP contribution in [0.3, 0.4) is 0 Å². The van der Waals surface area contributed by atoms with Crippen LogP contribution in [0, 0.1) is 0 Å². The van der Waals surface area contributed by atoms with Crippen LogP contribution < -0.4 is 5.32 Å². The fourth-order valence-corrected chi connectivity index (χ4v) is 2.10. The fourth-order valence-electron chi connectivity index (χ4n) is 2.10. The van der Waals surface area contributed by atoms with Crippen molar-refractivity contribution < 1.29 is 4.42 Å². The Morgan fingerprint density at radius 1 is 1.47 bits per heavy atom. The summed E-state index contributed by atoms with van der Waals surface area (Å²) in [6.45, 7) is 5.67. The number of hydrogen-bond donors (Lipinski definition) is 1. The Kier molecular flexibility index (Phi) is 3.12. The van der Waals surface area contributed by atoms with Crippen molar-refractivity contribution in [2.24, 2.45) is 0 Å². The largest absolute Gasteiger partial charge is 0.472 e. The van der Waals surface area contributed by atoms with E-state index >= 15 is 0 Å². The van der Waals surface area contributed by atoms with Crippen molar-refractivity contribution in [3.63, 3.8) is 0 Å². The average molecular weight is 208 g/mol. The van der Waals surface area contributed by atoms with Gasteiger partial charge in [0, 0.05) is 30.7 Å². The van der Waals surface area contributed by atoms with Crippen molar-refractivity contribution in [3.05, 3.63) is 24.2 Å². The van der Waals surface area contributed by atoms with E-state index in [4.69, 9.17) is 4.42 Å². The summed E-state index contributed by atoms with van der Waals surface area (Å²) in [6, 6.07) is 2.05. The van der Waals surface area contributed by atoms with Crippen molar-refractivity contribution in [2.75, 3.05) is 20.1 Å². The molecular formula is C12H20N2O. The zero-order chi connectivity index (χ0) is 10.7. The molecule has 0 radical (unpaired) electrons. The SMILES string of the molecule is CNC1(C)CCN(Cc2ccoc2)CC1. The van der Waals surface area contributed by atoms with E-state index in [0.717, 1.165) is 6.54 Å². The summed E-state index contributed by atoms with van der Waals surface area (Å²) in [5.74, 6) is 0. The Labute approximate surface area is 91.4 Å². The third-order valence-electron chi connectivity index (χ3n) is 3.55. The first-order valence-electron chi connectivity index (χ1n) is 5.64. The lowest BCUT2D eigenvalue weighted by atomic mass is 9.90. The maximum Gasteiger partial charge on any atom is 0.0947 e. The van der Waals surface area contributed by atoms with Gasteiger partial charge in [-0.1, -0.05) is 0 Å². The minimum atomic E-state index is 0.340. The van der Waals surface area contributed by atoms with Crippen LogP contribution >= 0.6 is 0 Å². The van der Waals surface area contributed by atoms with Gasteiger partial charge in [0.05, 0.1) is 12.5 Å². The molecule has 2 heterocycles. The molecule has 2 rings (SSSR count). The normalized spacial score (nSPS) is 21.7. The minimum absolute atomic E-state index is 0.340. The summed E-state index contributed by atoms with van der Waals surface area (Å²) < 4.78 is 5.08. The second-order valence-electron chi connectivity index (χ2n) is 4.72. The average Bonchev–Trinajstić information content (AvgIpc) is 2.75. The van der Waals surface area contributed by atoms with E-state index in [1.54, 1.807) is 6.26 Å². The van der Waals surface area contributed by atoms with Gasteiger partial charge in [0.2, 0.25) is 0 Å². The van der Waals surface area contributed by atoms with Gasteiger partial charge in [0.1, 0.15) is 0 Å². The second kappa shape index (κ2) is 4.37. The number of piperidine rings is 1. The van der Waals surface area contributed by atoms with Gasteiger partial charge in [-0.2, -0.15) is 0 Å². The van der Waals surface area contributed by atoms with E-state index in [2.05, 4.69) is 24.2 Å². The fraction of sp³-hybridized carbons (Fsp3) is 0.667. The molecule has 3 nitrogen and oxygen atoms in total. The topological polar surface area (TPSA) is 28.4 Å². The van der Waals surface area contributed by atoms with Gasteiger partial charge in [0.25, 0.3) is 0 Å². The van der Waals surface area contributed by atoms with E-state index in [1.165, 1.54) is 31.5 Å². The molecule has 1 aliphatic rings. The van der Waals surface area contributed by atoms with Gasteiger partial charge in [-0.05, 0) is 32.9 Å². The highest BCUT2D eigenvalue weighted by molar-refractivity contribution is 5.05. The first-order valence-corrected chi connectivity index (χ1v) is 5.64. The molecular weight excluding hydrogens is 188 g/mol. The van der Waals surface area contributed by atoms with Crippen LogP contribution in [0.15, 0.2) is 23.0 Å². The summed E-state index contributed by atoms with van der Waals surface area (Å²) in [7, 11) is 2.06. The number of nitrogens with one attached hydrogen (secondary N) is 1. The highest BCUT2D eigenvalue weighted by Crippen LogP contribution is 2.22. The maximum atomic E-state index is 5.08. The molecule has 1 aliphatic heterocycles. The van der Waals surface area contributed by atoms with E-state index in [0.29, 0.717) is 5.54 Å². The number of rotatable bonds is 3. The van der Waals surface area contributed by atoms with Crippen LogP contribution in [0.25, 0.3) is 0 Å². The van der Waals surface area contributed by atoms with Crippen LogP contribution in [-0.4, -0.2) is 30.6 Å². The molecule has 1 fully saturated rings. The number of furan rings is 1. The van der Waals surface area contributed by atoms with Gasteiger partial charge in [-0.15, -0.1) is 0 Å². The molecule has 1 aromatic heterocycles. The number of likely N-dealkylation sites (tertiary alicyclic amines) is 1. The summed E-state index contributed by atoms with van der Waals surface area (Å²) >= 11 is 0. The summed E-state index contributed by atoms with van der Waals surface area (Å²) in [4.78, 5) is 2.49. The van der Waals surface area contributed by atoms with Crippen LogP contribution in [-0.2, 0) is 6.54 Å². The zero-order valence-electron chi connectivity index (χ0n) is 9.62. The van der Waals surface area contributed by atoms with Crippen molar-refractivity contribution in [1.29, 1.82) is 0 Å². The molecule has 0 spiro atoms. The summed E-state index contributed by atoms with van der Waals surface area (Å²) in [5.41, 5.74) is 1.62. The number of nitrogens with zero attached hydrogens (tertiary/aromatic N) is 1. The van der Waals surface area contributed by atoms with Gasteiger partial charge in [-0.25, -0.2) is 0 Å². The second-order valence-corrected chi connectivity index (χ2v) is 4.72. The minimum Gasteiger partial charge on any atom is -0.472 e. The lowest BCUT2D eigenvalue weighted by Crippen LogP contribution is -2.49. The monoisotopic (exact) mass is 208 g/mol. The third kappa shape index (κ3) is 2.61. The standard InChI is InChI=1S/C12H20N2O/c1-12(13-2)4-6-14(7-5-12)9-11-3-8-15-10-11/h3,8,10,13H,4-7,9H2,1-2H3. The lowest BCUT2D eigenvalue weighted by molar-refractivity contribution is 0.146. The number of hydrogen-bond acceptors (Lipinski definition) is 3. The molecule has 1 aromatic rings. The van der Waals surface area contributed by atoms with Gasteiger partial charge >= 0.3 is 0 Å². The van der Waals surface area contributed by atoms with E-state index < -0.39 is 0 Å². The molecule has 0 bridgehead atoms. The van der Waals surface area contributed by atoms with Crippen molar-refractivity contribution in [2.45, 2.75) is 31.8 Å². The Hall–Kier alpha value is -0.800. The summed E-state index contributed by atoms with van der Waals surface area (Å²) in [5, 5.41) is 3.41. The van der Waals surface area contributed by atoms with Gasteiger partial charge in [-0.3, -0.25) is 4.90 Å². The van der Waals surface area contributed by atoms with Gasteiger partial charge in [0.15, 0.2) is 0 Å². The van der Waals surface area contributed by atoms with E-state index in [1.807, 2.05) is 12.3 Å². The molecule has 0 saturated carbocycles. The van der Waals surface area contributed by atoms with Crippen LogP contribution in [0.5, 0.6) is 0 Å². The molecule has 84 valence electrons. The first kappa shape index (κ1) is 10.7.